The molecule has 1 aromatic heterocycles. The largest absolute Gasteiger partial charge is 0.369 e. The van der Waals surface area contributed by atoms with Crippen molar-refractivity contribution < 1.29 is 9.72 Å². The van der Waals surface area contributed by atoms with Gasteiger partial charge in [0.1, 0.15) is 11.0 Å². The standard InChI is InChI=1S/C10H13ClN4O3/c1-14(2)10(16)3-4-12-9-6-7(15(17)18)5-8(11)13-9/h5-6H,3-4H2,1-2H3,(H,12,13). The highest BCUT2D eigenvalue weighted by atomic mass is 35.5. The van der Waals surface area contributed by atoms with Crippen molar-refractivity contribution >= 4 is 29.0 Å². The van der Waals surface area contributed by atoms with Crippen LogP contribution in [0, 0.1) is 10.1 Å². The molecule has 98 valence electrons. The molecule has 1 heterocycles. The van der Waals surface area contributed by atoms with E-state index < -0.39 is 4.92 Å². The van der Waals surface area contributed by atoms with Crippen LogP contribution in [0.2, 0.25) is 5.15 Å². The number of aromatic nitrogens is 1. The van der Waals surface area contributed by atoms with Crippen LogP contribution in [-0.2, 0) is 4.79 Å². The van der Waals surface area contributed by atoms with Crippen LogP contribution in [0.25, 0.3) is 0 Å². The number of amides is 1. The van der Waals surface area contributed by atoms with E-state index in [0.717, 1.165) is 6.07 Å². The SMILES string of the molecule is CN(C)C(=O)CCNc1cc([N+](=O)[O-])cc(Cl)n1. The Hall–Kier alpha value is -1.89. The molecule has 0 saturated heterocycles. The Morgan fingerprint density at radius 1 is 1.56 bits per heavy atom. The van der Waals surface area contributed by atoms with Crippen molar-refractivity contribution in [2.24, 2.45) is 0 Å². The number of nitro groups is 1. The summed E-state index contributed by atoms with van der Waals surface area (Å²) in [6.45, 7) is 0.335. The minimum Gasteiger partial charge on any atom is -0.369 e. The number of nitrogens with one attached hydrogen (secondary N) is 1. The molecule has 18 heavy (non-hydrogen) atoms. The second-order valence-corrected chi connectivity index (χ2v) is 4.14. The van der Waals surface area contributed by atoms with Crippen LogP contribution in [0.1, 0.15) is 6.42 Å². The second kappa shape index (κ2) is 6.15. The van der Waals surface area contributed by atoms with Gasteiger partial charge in [-0.15, -0.1) is 0 Å². The maximum absolute atomic E-state index is 11.3. The van der Waals surface area contributed by atoms with Gasteiger partial charge in [-0.25, -0.2) is 4.98 Å². The van der Waals surface area contributed by atoms with Crippen LogP contribution < -0.4 is 5.32 Å². The van der Waals surface area contributed by atoms with E-state index in [-0.39, 0.29) is 29.0 Å². The first-order valence-electron chi connectivity index (χ1n) is 5.16. The van der Waals surface area contributed by atoms with Gasteiger partial charge in [0.05, 0.1) is 17.1 Å². The third-order valence-corrected chi connectivity index (χ3v) is 2.33. The first kappa shape index (κ1) is 14.2. The van der Waals surface area contributed by atoms with Gasteiger partial charge < -0.3 is 10.2 Å². The molecule has 1 amide bonds. The predicted octanol–water partition coefficient (Wildman–Crippen LogP) is 1.53. The smallest absolute Gasteiger partial charge is 0.276 e. The van der Waals surface area contributed by atoms with E-state index in [1.54, 1.807) is 14.1 Å². The zero-order chi connectivity index (χ0) is 13.7. The summed E-state index contributed by atoms with van der Waals surface area (Å²) in [6.07, 6.45) is 0.273. The number of rotatable bonds is 5. The fraction of sp³-hybridized carbons (Fsp3) is 0.400. The summed E-state index contributed by atoms with van der Waals surface area (Å²) >= 11 is 5.66. The molecule has 0 radical (unpaired) electrons. The fourth-order valence-corrected chi connectivity index (χ4v) is 1.40. The molecule has 0 aliphatic carbocycles. The van der Waals surface area contributed by atoms with Gasteiger partial charge in [-0.1, -0.05) is 11.6 Å². The zero-order valence-electron chi connectivity index (χ0n) is 10.0. The normalized spacial score (nSPS) is 9.94. The van der Waals surface area contributed by atoms with Gasteiger partial charge in [0.15, 0.2) is 0 Å². The van der Waals surface area contributed by atoms with Crippen molar-refractivity contribution in [1.29, 1.82) is 0 Å². The molecule has 0 aromatic carbocycles. The van der Waals surface area contributed by atoms with Gasteiger partial charge in [-0.2, -0.15) is 0 Å². The van der Waals surface area contributed by atoms with Gasteiger partial charge in [0.2, 0.25) is 5.91 Å². The fourth-order valence-electron chi connectivity index (χ4n) is 1.20. The van der Waals surface area contributed by atoms with Gasteiger partial charge in [-0.05, 0) is 0 Å². The molecule has 0 aliphatic heterocycles. The number of carbonyl (C=O) groups excluding carboxylic acids is 1. The maximum atomic E-state index is 11.3. The number of hydrogen-bond acceptors (Lipinski definition) is 5. The summed E-state index contributed by atoms with van der Waals surface area (Å²) in [7, 11) is 3.32. The molecule has 0 bridgehead atoms. The van der Waals surface area contributed by atoms with Crippen LogP contribution in [0.3, 0.4) is 0 Å². The third kappa shape index (κ3) is 4.17. The average Bonchev–Trinajstić information content (AvgIpc) is 2.27. The van der Waals surface area contributed by atoms with Gasteiger partial charge in [0.25, 0.3) is 5.69 Å². The summed E-state index contributed by atoms with van der Waals surface area (Å²) in [5.41, 5.74) is -0.142. The quantitative estimate of drug-likeness (QED) is 0.499. The third-order valence-electron chi connectivity index (χ3n) is 2.13. The Labute approximate surface area is 109 Å². The van der Waals surface area contributed by atoms with Crippen LogP contribution in [0.5, 0.6) is 0 Å². The monoisotopic (exact) mass is 272 g/mol. The summed E-state index contributed by atoms with van der Waals surface area (Å²) in [5.74, 6) is 0.236. The second-order valence-electron chi connectivity index (χ2n) is 3.76. The van der Waals surface area contributed by atoms with Gasteiger partial charge in [0, 0.05) is 27.1 Å². The molecule has 0 saturated carbocycles. The van der Waals surface area contributed by atoms with Crippen molar-refractivity contribution in [2.45, 2.75) is 6.42 Å². The van der Waals surface area contributed by atoms with Crippen molar-refractivity contribution in [3.8, 4) is 0 Å². The topological polar surface area (TPSA) is 88.4 Å². The van der Waals surface area contributed by atoms with Crippen LogP contribution in [0.4, 0.5) is 11.5 Å². The molecular weight excluding hydrogens is 260 g/mol. The van der Waals surface area contributed by atoms with Crippen molar-refractivity contribution in [1.82, 2.24) is 9.88 Å². The summed E-state index contributed by atoms with van der Waals surface area (Å²) in [5, 5.41) is 13.5. The molecule has 7 nitrogen and oxygen atoms in total. The van der Waals surface area contributed by atoms with E-state index in [0.29, 0.717) is 6.54 Å². The molecule has 0 fully saturated rings. The molecule has 1 rings (SSSR count). The van der Waals surface area contributed by atoms with Crippen molar-refractivity contribution in [2.75, 3.05) is 26.0 Å². The Morgan fingerprint density at radius 2 is 2.22 bits per heavy atom. The highest BCUT2D eigenvalue weighted by Crippen LogP contribution is 2.20. The lowest BCUT2D eigenvalue weighted by molar-refractivity contribution is -0.384. The van der Waals surface area contributed by atoms with E-state index in [1.807, 2.05) is 0 Å². The molecule has 0 unspecified atom stereocenters. The molecule has 0 aliphatic rings. The van der Waals surface area contributed by atoms with Gasteiger partial charge in [-0.3, -0.25) is 14.9 Å². The number of hydrogen-bond donors (Lipinski definition) is 1. The van der Waals surface area contributed by atoms with Crippen molar-refractivity contribution in [3.63, 3.8) is 0 Å². The number of carbonyl (C=O) groups is 1. The van der Waals surface area contributed by atoms with Crippen molar-refractivity contribution in [3.05, 3.63) is 27.4 Å². The minimum absolute atomic E-state index is 0.0330. The summed E-state index contributed by atoms with van der Waals surface area (Å²) < 4.78 is 0. The lowest BCUT2D eigenvalue weighted by Crippen LogP contribution is -2.24. The Bertz CT molecular complexity index is 464. The lowest BCUT2D eigenvalue weighted by atomic mass is 10.3. The molecule has 8 heteroatoms. The Balaban J connectivity index is 2.62. The number of halogens is 1. The molecule has 1 N–H and O–H groups in total. The lowest BCUT2D eigenvalue weighted by Gasteiger charge is -2.10. The van der Waals surface area contributed by atoms with E-state index in [9.17, 15) is 14.9 Å². The number of pyridine rings is 1. The minimum atomic E-state index is -0.552. The first-order valence-corrected chi connectivity index (χ1v) is 5.54. The molecule has 0 spiro atoms. The van der Waals surface area contributed by atoms with E-state index in [1.165, 1.54) is 11.0 Å². The maximum Gasteiger partial charge on any atom is 0.276 e. The predicted molar refractivity (Wildman–Crippen MR) is 67.7 cm³/mol. The average molecular weight is 273 g/mol. The highest BCUT2D eigenvalue weighted by Gasteiger charge is 2.10. The van der Waals surface area contributed by atoms with E-state index >= 15 is 0 Å². The number of nitrogens with zero attached hydrogens (tertiary/aromatic N) is 3. The van der Waals surface area contributed by atoms with Gasteiger partial charge >= 0.3 is 0 Å². The van der Waals surface area contributed by atoms with E-state index in [4.69, 9.17) is 11.6 Å². The molecular formula is C10H13ClN4O3. The Kier molecular flexibility index (Phi) is 4.85. The Morgan fingerprint density at radius 3 is 2.78 bits per heavy atom. The first-order chi connectivity index (χ1) is 8.40. The summed E-state index contributed by atoms with van der Waals surface area (Å²) in [4.78, 5) is 26.7. The molecule has 1 aromatic rings. The van der Waals surface area contributed by atoms with Crippen LogP contribution in [0.15, 0.2) is 12.1 Å². The van der Waals surface area contributed by atoms with Crippen LogP contribution >= 0.6 is 11.6 Å². The highest BCUT2D eigenvalue weighted by molar-refractivity contribution is 6.29. The van der Waals surface area contributed by atoms with Crippen LogP contribution in [-0.4, -0.2) is 41.4 Å². The molecule has 0 atom stereocenters. The van der Waals surface area contributed by atoms with E-state index in [2.05, 4.69) is 10.3 Å². The number of anilines is 1. The zero-order valence-corrected chi connectivity index (χ0v) is 10.8. The summed E-state index contributed by atoms with van der Waals surface area (Å²) in [6, 6.07) is 2.43.